The Balaban J connectivity index is 3.34. The molecule has 0 bridgehead atoms. The second-order valence-corrected chi connectivity index (χ2v) is 7.20. The van der Waals surface area contributed by atoms with E-state index in [4.69, 9.17) is 5.53 Å². The molecular formula is C3H11N3Si. The van der Waals surface area contributed by atoms with E-state index in [-0.39, 0.29) is 0 Å². The summed E-state index contributed by atoms with van der Waals surface area (Å²) in [6.45, 7) is 6.26. The van der Waals surface area contributed by atoms with Gasteiger partial charge in [0.1, 0.15) is 0 Å². The lowest BCUT2D eigenvalue weighted by Gasteiger charge is -2.11. The van der Waals surface area contributed by atoms with Crippen molar-refractivity contribution in [1.82, 2.24) is 5.09 Å². The molecule has 0 aromatic rings. The van der Waals surface area contributed by atoms with Crippen molar-refractivity contribution in [2.45, 2.75) is 19.6 Å². The second-order valence-electron chi connectivity index (χ2n) is 2.47. The lowest BCUT2D eigenvalue weighted by Crippen LogP contribution is -2.36. The van der Waals surface area contributed by atoms with Crippen molar-refractivity contribution < 1.29 is 0 Å². The van der Waals surface area contributed by atoms with Crippen LogP contribution < -0.4 is 5.09 Å². The van der Waals surface area contributed by atoms with Gasteiger partial charge in [-0.15, -0.1) is 0 Å². The van der Waals surface area contributed by atoms with Crippen molar-refractivity contribution in [3.8, 4) is 0 Å². The Kier molecular flexibility index (Phi) is 1.95. The van der Waals surface area contributed by atoms with E-state index in [1.807, 2.05) is 0 Å². The zero-order valence-electron chi connectivity index (χ0n) is 4.95. The minimum Gasteiger partial charge on any atom is -0.319 e. The first-order valence-electron chi connectivity index (χ1n) is 2.20. The molecule has 0 aliphatic heterocycles. The Morgan fingerprint density at radius 2 is 1.86 bits per heavy atom. The number of hydrogen-bond donors (Lipinski definition) is 2. The van der Waals surface area contributed by atoms with E-state index in [0.29, 0.717) is 0 Å². The van der Waals surface area contributed by atoms with Gasteiger partial charge >= 0.3 is 0 Å². The highest BCUT2D eigenvalue weighted by Gasteiger charge is 2.09. The molecule has 0 rings (SSSR count). The summed E-state index contributed by atoms with van der Waals surface area (Å²) in [4.78, 5) is 0. The number of rotatable bonds is 2. The summed E-state index contributed by atoms with van der Waals surface area (Å²) in [6.07, 6.45) is 0. The van der Waals surface area contributed by atoms with Gasteiger partial charge in [-0.3, -0.25) is 0 Å². The normalized spacial score (nSPS) is 10.7. The van der Waals surface area contributed by atoms with E-state index in [0.717, 1.165) is 0 Å². The predicted molar refractivity (Wildman–Crippen MR) is 31.6 cm³/mol. The van der Waals surface area contributed by atoms with Crippen LogP contribution in [0.2, 0.25) is 19.6 Å². The van der Waals surface area contributed by atoms with Crippen molar-refractivity contribution >= 4 is 8.24 Å². The van der Waals surface area contributed by atoms with Gasteiger partial charge in [0.05, 0.1) is 0 Å². The Hall–Kier alpha value is -0.383. The Bertz CT molecular complexity index is 65.1. The molecule has 0 amide bonds. The molecule has 3 nitrogen and oxygen atoms in total. The van der Waals surface area contributed by atoms with Crippen LogP contribution in [0.4, 0.5) is 0 Å². The molecule has 0 unspecified atom stereocenters. The van der Waals surface area contributed by atoms with Crippen molar-refractivity contribution in [1.29, 1.82) is 5.53 Å². The summed E-state index contributed by atoms with van der Waals surface area (Å²) in [6, 6.07) is 0. The minimum atomic E-state index is -1.26. The van der Waals surface area contributed by atoms with Gasteiger partial charge in [-0.1, -0.05) is 24.9 Å². The van der Waals surface area contributed by atoms with Gasteiger partial charge in [-0.25, -0.2) is 0 Å². The average molecular weight is 117 g/mol. The molecule has 0 fully saturated rings. The van der Waals surface area contributed by atoms with Crippen LogP contribution in [0, 0.1) is 5.53 Å². The second kappa shape index (κ2) is 2.06. The van der Waals surface area contributed by atoms with Crippen molar-refractivity contribution in [3.63, 3.8) is 0 Å². The smallest absolute Gasteiger partial charge is 0.167 e. The third-order valence-corrected chi connectivity index (χ3v) is 1.17. The summed E-state index contributed by atoms with van der Waals surface area (Å²) in [5.41, 5.74) is 6.41. The third kappa shape index (κ3) is 5.62. The van der Waals surface area contributed by atoms with Crippen LogP contribution in [0.15, 0.2) is 5.22 Å². The van der Waals surface area contributed by atoms with Gasteiger partial charge in [0.2, 0.25) is 0 Å². The number of nitrogens with zero attached hydrogens (tertiary/aromatic N) is 1. The molecule has 0 aromatic heterocycles. The fraction of sp³-hybridized carbons (Fsp3) is 1.00. The lowest BCUT2D eigenvalue weighted by atomic mass is 11.8. The first-order chi connectivity index (χ1) is 3.06. The van der Waals surface area contributed by atoms with Crippen LogP contribution in [-0.4, -0.2) is 8.24 Å². The van der Waals surface area contributed by atoms with Crippen LogP contribution >= 0.6 is 0 Å². The quantitative estimate of drug-likeness (QED) is 0.320. The van der Waals surface area contributed by atoms with E-state index in [9.17, 15) is 0 Å². The molecule has 0 radical (unpaired) electrons. The highest BCUT2D eigenvalue weighted by atomic mass is 28.3. The number of hydrogen-bond acceptors (Lipinski definition) is 2. The van der Waals surface area contributed by atoms with Gasteiger partial charge in [-0.05, 0) is 0 Å². The Morgan fingerprint density at radius 1 is 1.43 bits per heavy atom. The lowest BCUT2D eigenvalue weighted by molar-refractivity contribution is 0.867. The Morgan fingerprint density at radius 3 is 1.86 bits per heavy atom. The highest BCUT2D eigenvalue weighted by Crippen LogP contribution is 1.91. The topological polar surface area (TPSA) is 48.2 Å². The molecule has 0 aliphatic rings. The Labute approximate surface area is 44.7 Å². The summed E-state index contributed by atoms with van der Waals surface area (Å²) in [5.74, 6) is 0. The molecular weight excluding hydrogens is 106 g/mol. The van der Waals surface area contributed by atoms with E-state index in [1.165, 1.54) is 0 Å². The molecule has 0 aromatic carbocycles. The predicted octanol–water partition coefficient (Wildman–Crippen LogP) is 1.36. The van der Waals surface area contributed by atoms with E-state index >= 15 is 0 Å². The summed E-state index contributed by atoms with van der Waals surface area (Å²) < 4.78 is 0. The molecule has 0 saturated heterocycles. The molecule has 0 spiro atoms. The summed E-state index contributed by atoms with van der Waals surface area (Å²) >= 11 is 0. The largest absolute Gasteiger partial charge is 0.319 e. The summed E-state index contributed by atoms with van der Waals surface area (Å²) in [7, 11) is -1.26. The van der Waals surface area contributed by atoms with Crippen LogP contribution in [0.25, 0.3) is 0 Å². The SMILES string of the molecule is C[Si](C)(C)NN=N. The van der Waals surface area contributed by atoms with Gasteiger partial charge in [0.25, 0.3) is 0 Å². The van der Waals surface area contributed by atoms with Crippen molar-refractivity contribution in [3.05, 3.63) is 0 Å². The molecule has 0 aliphatic carbocycles. The molecule has 2 N–H and O–H groups in total. The maximum atomic E-state index is 6.41. The first-order valence-corrected chi connectivity index (χ1v) is 5.70. The van der Waals surface area contributed by atoms with Crippen LogP contribution in [0.1, 0.15) is 0 Å². The van der Waals surface area contributed by atoms with Gasteiger partial charge in [-0.2, -0.15) is 5.53 Å². The molecule has 0 atom stereocenters. The standard InChI is InChI=1S/C3H11N3Si/c1-7(2,3)6-5-4/h1-3H3,(H2,4,6). The molecule has 4 heteroatoms. The molecule has 0 saturated carbocycles. The zero-order chi connectivity index (χ0) is 5.91. The van der Waals surface area contributed by atoms with Crippen molar-refractivity contribution in [2.24, 2.45) is 5.22 Å². The monoisotopic (exact) mass is 117 g/mol. The van der Waals surface area contributed by atoms with Crippen LogP contribution in [0.5, 0.6) is 0 Å². The zero-order valence-corrected chi connectivity index (χ0v) is 5.95. The van der Waals surface area contributed by atoms with Gasteiger partial charge < -0.3 is 5.09 Å². The number of nitrogens with one attached hydrogen (secondary N) is 2. The van der Waals surface area contributed by atoms with Crippen LogP contribution in [0.3, 0.4) is 0 Å². The molecule has 42 valence electrons. The van der Waals surface area contributed by atoms with Gasteiger partial charge in [0.15, 0.2) is 8.24 Å². The molecule has 0 heterocycles. The van der Waals surface area contributed by atoms with E-state index < -0.39 is 8.24 Å². The maximum Gasteiger partial charge on any atom is 0.167 e. The first kappa shape index (κ1) is 6.62. The molecule has 7 heavy (non-hydrogen) atoms. The fourth-order valence-corrected chi connectivity index (χ4v) is 0.503. The van der Waals surface area contributed by atoms with E-state index in [1.54, 1.807) is 0 Å². The fourth-order valence-electron chi connectivity index (χ4n) is 0.168. The highest BCUT2D eigenvalue weighted by molar-refractivity contribution is 6.73. The van der Waals surface area contributed by atoms with Crippen molar-refractivity contribution in [2.75, 3.05) is 0 Å². The maximum absolute atomic E-state index is 6.41. The van der Waals surface area contributed by atoms with Gasteiger partial charge in [0, 0.05) is 0 Å². The minimum absolute atomic E-state index is 1.26. The third-order valence-electron chi connectivity index (χ3n) is 0.391. The average Bonchev–Trinajstić information content (AvgIpc) is 1.30. The summed E-state index contributed by atoms with van der Waals surface area (Å²) in [5, 5.41) is 5.78. The van der Waals surface area contributed by atoms with E-state index in [2.05, 4.69) is 30.0 Å². The van der Waals surface area contributed by atoms with Crippen LogP contribution in [-0.2, 0) is 0 Å².